The van der Waals surface area contributed by atoms with Gasteiger partial charge in [0.15, 0.2) is 0 Å². The van der Waals surface area contributed by atoms with Gasteiger partial charge in [-0.05, 0) is 36.3 Å². The number of carboxylic acid groups (broad SMARTS) is 1. The van der Waals surface area contributed by atoms with Crippen LogP contribution < -0.4 is 4.90 Å². The molecule has 0 bridgehead atoms. The van der Waals surface area contributed by atoms with E-state index in [4.69, 9.17) is 21.4 Å². The molecule has 1 unspecified atom stereocenters. The highest BCUT2D eigenvalue weighted by molar-refractivity contribution is 6.30. The molecule has 2 rings (SSSR count). The summed E-state index contributed by atoms with van der Waals surface area (Å²) in [5, 5.41) is 9.37. The molecule has 1 aromatic rings. The molecule has 1 saturated heterocycles. The minimum Gasteiger partial charge on any atom is -0.478 e. The van der Waals surface area contributed by atoms with Gasteiger partial charge >= 0.3 is 5.97 Å². The van der Waals surface area contributed by atoms with Crippen molar-refractivity contribution in [1.82, 2.24) is 0 Å². The lowest BCUT2D eigenvalue weighted by atomic mass is 10.1. The van der Waals surface area contributed by atoms with Crippen molar-refractivity contribution in [1.29, 1.82) is 0 Å². The summed E-state index contributed by atoms with van der Waals surface area (Å²) in [6, 6.07) is 5.54. The molecule has 0 saturated carbocycles. The normalized spacial score (nSPS) is 19.5. The van der Waals surface area contributed by atoms with Crippen molar-refractivity contribution in [3.05, 3.63) is 34.9 Å². The van der Waals surface area contributed by atoms with Crippen molar-refractivity contribution in [2.45, 2.75) is 19.4 Å². The van der Waals surface area contributed by atoms with Gasteiger partial charge in [0, 0.05) is 29.9 Å². The maximum atomic E-state index is 10.7. The van der Waals surface area contributed by atoms with E-state index in [1.54, 1.807) is 12.1 Å². The Morgan fingerprint density at radius 3 is 3.10 bits per heavy atom. The average molecular weight is 296 g/mol. The second-order valence-corrected chi connectivity index (χ2v) is 5.16. The van der Waals surface area contributed by atoms with Crippen LogP contribution in [0.3, 0.4) is 0 Å². The van der Waals surface area contributed by atoms with Gasteiger partial charge in [0.2, 0.25) is 0 Å². The lowest BCUT2D eigenvalue weighted by molar-refractivity contribution is -0.131. The second kappa shape index (κ2) is 6.77. The van der Waals surface area contributed by atoms with E-state index < -0.39 is 5.97 Å². The standard InChI is InChI=1S/C15H18ClNO3/c1-2-13-10-17(7-8-20-13)14-5-4-12(16)9-11(14)3-6-15(18)19/h3-6,9,13H,2,7-8,10H2,1H3,(H,18,19)/b6-3+. The predicted octanol–water partition coefficient (Wildman–Crippen LogP) is 3.05. The van der Waals surface area contributed by atoms with Crippen LogP contribution >= 0.6 is 11.6 Å². The minimum atomic E-state index is -0.968. The monoisotopic (exact) mass is 295 g/mol. The average Bonchev–Trinajstić information content (AvgIpc) is 2.45. The molecule has 0 amide bonds. The van der Waals surface area contributed by atoms with Gasteiger partial charge in [-0.15, -0.1) is 0 Å². The number of carboxylic acids is 1. The molecule has 108 valence electrons. The lowest BCUT2D eigenvalue weighted by Gasteiger charge is -2.35. The number of halogens is 1. The summed E-state index contributed by atoms with van der Waals surface area (Å²) in [6.07, 6.45) is 3.90. The zero-order valence-corrected chi connectivity index (χ0v) is 12.1. The molecule has 5 heteroatoms. The molecule has 0 radical (unpaired) electrons. The Bertz CT molecular complexity index is 516. The summed E-state index contributed by atoms with van der Waals surface area (Å²) in [4.78, 5) is 12.9. The Labute approximate surface area is 123 Å². The van der Waals surface area contributed by atoms with Gasteiger partial charge in [0.1, 0.15) is 0 Å². The highest BCUT2D eigenvalue weighted by Gasteiger charge is 2.20. The fraction of sp³-hybridized carbons (Fsp3) is 0.400. The van der Waals surface area contributed by atoms with Gasteiger partial charge in [-0.25, -0.2) is 4.79 Å². The molecule has 1 N–H and O–H groups in total. The van der Waals surface area contributed by atoms with Gasteiger partial charge in [-0.3, -0.25) is 0 Å². The Balaban J connectivity index is 2.28. The molecule has 1 atom stereocenters. The molecule has 0 aromatic heterocycles. The van der Waals surface area contributed by atoms with Crippen LogP contribution in [0.25, 0.3) is 6.08 Å². The zero-order valence-electron chi connectivity index (χ0n) is 11.4. The third-order valence-corrected chi connectivity index (χ3v) is 3.56. The zero-order chi connectivity index (χ0) is 14.5. The summed E-state index contributed by atoms with van der Waals surface area (Å²) >= 11 is 6.00. The molecule has 1 aromatic carbocycles. The third kappa shape index (κ3) is 3.74. The maximum absolute atomic E-state index is 10.7. The van der Waals surface area contributed by atoms with E-state index in [1.165, 1.54) is 0 Å². The van der Waals surface area contributed by atoms with E-state index in [-0.39, 0.29) is 6.10 Å². The van der Waals surface area contributed by atoms with Crippen LogP contribution in [0.15, 0.2) is 24.3 Å². The first-order chi connectivity index (χ1) is 9.60. The van der Waals surface area contributed by atoms with Gasteiger partial charge in [0.25, 0.3) is 0 Å². The Morgan fingerprint density at radius 1 is 1.60 bits per heavy atom. The minimum absolute atomic E-state index is 0.218. The van der Waals surface area contributed by atoms with Crippen LogP contribution in [-0.2, 0) is 9.53 Å². The molecular formula is C15H18ClNO3. The highest BCUT2D eigenvalue weighted by Crippen LogP contribution is 2.27. The van der Waals surface area contributed by atoms with E-state index in [1.807, 2.05) is 12.1 Å². The van der Waals surface area contributed by atoms with Gasteiger partial charge < -0.3 is 14.7 Å². The Hall–Kier alpha value is -1.52. The number of ether oxygens (including phenoxy) is 1. The van der Waals surface area contributed by atoms with Crippen molar-refractivity contribution in [3.8, 4) is 0 Å². The van der Waals surface area contributed by atoms with Crippen molar-refractivity contribution in [2.75, 3.05) is 24.6 Å². The van der Waals surface area contributed by atoms with E-state index >= 15 is 0 Å². The molecule has 1 aliphatic rings. The molecule has 0 spiro atoms. The number of nitrogens with zero attached hydrogens (tertiary/aromatic N) is 1. The topological polar surface area (TPSA) is 49.8 Å². The van der Waals surface area contributed by atoms with E-state index in [0.29, 0.717) is 11.6 Å². The smallest absolute Gasteiger partial charge is 0.328 e. The lowest BCUT2D eigenvalue weighted by Crippen LogP contribution is -2.42. The van der Waals surface area contributed by atoms with Crippen LogP contribution in [-0.4, -0.2) is 36.9 Å². The number of hydrogen-bond donors (Lipinski definition) is 1. The number of morpholine rings is 1. The van der Waals surface area contributed by atoms with Gasteiger partial charge in [-0.2, -0.15) is 0 Å². The first-order valence-electron chi connectivity index (χ1n) is 6.67. The van der Waals surface area contributed by atoms with Crippen molar-refractivity contribution < 1.29 is 14.6 Å². The summed E-state index contributed by atoms with van der Waals surface area (Å²) < 4.78 is 5.66. The van der Waals surface area contributed by atoms with Crippen LogP contribution in [0.2, 0.25) is 5.02 Å². The van der Waals surface area contributed by atoms with Crippen LogP contribution in [0.5, 0.6) is 0 Å². The van der Waals surface area contributed by atoms with Crippen molar-refractivity contribution in [2.24, 2.45) is 0 Å². The quantitative estimate of drug-likeness (QED) is 0.868. The molecule has 20 heavy (non-hydrogen) atoms. The highest BCUT2D eigenvalue weighted by atomic mass is 35.5. The Kier molecular flexibility index (Phi) is 5.04. The summed E-state index contributed by atoms with van der Waals surface area (Å²) in [5.74, 6) is -0.968. The number of hydrogen-bond acceptors (Lipinski definition) is 3. The maximum Gasteiger partial charge on any atom is 0.328 e. The van der Waals surface area contributed by atoms with Gasteiger partial charge in [0.05, 0.1) is 12.7 Å². The van der Waals surface area contributed by atoms with E-state index in [2.05, 4.69) is 11.8 Å². The molecular weight excluding hydrogens is 278 g/mol. The van der Waals surface area contributed by atoms with E-state index in [9.17, 15) is 4.79 Å². The molecule has 0 aliphatic carbocycles. The number of rotatable bonds is 4. The summed E-state index contributed by atoms with van der Waals surface area (Å²) in [7, 11) is 0. The first kappa shape index (κ1) is 14.9. The van der Waals surface area contributed by atoms with Crippen molar-refractivity contribution in [3.63, 3.8) is 0 Å². The Morgan fingerprint density at radius 2 is 2.40 bits per heavy atom. The SMILES string of the molecule is CCC1CN(c2ccc(Cl)cc2/C=C/C(=O)O)CCO1. The van der Waals surface area contributed by atoms with Crippen LogP contribution in [0.1, 0.15) is 18.9 Å². The number of carbonyl (C=O) groups is 1. The third-order valence-electron chi connectivity index (χ3n) is 3.33. The molecule has 1 heterocycles. The molecule has 1 aliphatic heterocycles. The van der Waals surface area contributed by atoms with Gasteiger partial charge in [-0.1, -0.05) is 18.5 Å². The molecule has 4 nitrogen and oxygen atoms in total. The second-order valence-electron chi connectivity index (χ2n) is 4.72. The number of benzene rings is 1. The number of aliphatic carboxylic acids is 1. The van der Waals surface area contributed by atoms with Crippen molar-refractivity contribution >= 4 is 29.3 Å². The number of anilines is 1. The van der Waals surface area contributed by atoms with E-state index in [0.717, 1.165) is 36.8 Å². The predicted molar refractivity (Wildman–Crippen MR) is 80.4 cm³/mol. The first-order valence-corrected chi connectivity index (χ1v) is 7.05. The molecule has 1 fully saturated rings. The fourth-order valence-electron chi connectivity index (χ4n) is 2.29. The van der Waals surface area contributed by atoms with Crippen LogP contribution in [0, 0.1) is 0 Å². The van der Waals surface area contributed by atoms with Crippen LogP contribution in [0.4, 0.5) is 5.69 Å². The largest absolute Gasteiger partial charge is 0.478 e. The summed E-state index contributed by atoms with van der Waals surface area (Å²) in [6.45, 7) is 4.39. The fourth-order valence-corrected chi connectivity index (χ4v) is 2.47. The summed E-state index contributed by atoms with van der Waals surface area (Å²) in [5.41, 5.74) is 1.81.